The second kappa shape index (κ2) is 6.83. The molecule has 0 fully saturated rings. The fourth-order valence-corrected chi connectivity index (χ4v) is 1.98. The van der Waals surface area contributed by atoms with Crippen LogP contribution in [0.4, 0.5) is 0 Å². The third-order valence-corrected chi connectivity index (χ3v) is 3.23. The summed E-state index contributed by atoms with van der Waals surface area (Å²) in [4.78, 5) is 0. The largest absolute Gasteiger partial charge is 0.497 e. The lowest BCUT2D eigenvalue weighted by molar-refractivity contribution is 0.264. The number of ether oxygens (including phenoxy) is 3. The van der Waals surface area contributed by atoms with Crippen LogP contribution in [0, 0.1) is 0 Å². The molecule has 0 atom stereocenters. The first-order valence-electron chi connectivity index (χ1n) is 7.02. The van der Waals surface area contributed by atoms with Crippen LogP contribution in [0.3, 0.4) is 0 Å². The molecule has 0 saturated heterocycles. The monoisotopic (exact) mass is 312 g/mol. The second-order valence-corrected chi connectivity index (χ2v) is 4.69. The Labute approximate surface area is 133 Å². The Kier molecular flexibility index (Phi) is 4.42. The average molecular weight is 312 g/mol. The third kappa shape index (κ3) is 3.60. The van der Waals surface area contributed by atoms with Crippen molar-refractivity contribution in [1.29, 1.82) is 0 Å². The van der Waals surface area contributed by atoms with Crippen LogP contribution < -0.4 is 14.2 Å². The highest BCUT2D eigenvalue weighted by Crippen LogP contribution is 2.22. The van der Waals surface area contributed by atoms with E-state index in [1.54, 1.807) is 14.2 Å². The molecule has 0 radical (unpaired) electrons. The van der Waals surface area contributed by atoms with E-state index in [0.717, 1.165) is 17.1 Å². The van der Waals surface area contributed by atoms with Gasteiger partial charge in [-0.1, -0.05) is 0 Å². The quantitative estimate of drug-likeness (QED) is 0.695. The number of aromatic nitrogens is 2. The van der Waals surface area contributed by atoms with Crippen molar-refractivity contribution in [3.8, 4) is 28.7 Å². The van der Waals surface area contributed by atoms with Gasteiger partial charge in [0, 0.05) is 5.56 Å². The van der Waals surface area contributed by atoms with Crippen molar-refractivity contribution < 1.29 is 18.6 Å². The van der Waals surface area contributed by atoms with Crippen molar-refractivity contribution in [2.75, 3.05) is 14.2 Å². The number of rotatable bonds is 6. The Morgan fingerprint density at radius 3 is 1.96 bits per heavy atom. The van der Waals surface area contributed by atoms with Crippen LogP contribution in [0.2, 0.25) is 0 Å². The molecule has 2 aromatic carbocycles. The van der Waals surface area contributed by atoms with Crippen molar-refractivity contribution >= 4 is 0 Å². The van der Waals surface area contributed by atoms with Crippen LogP contribution in [-0.4, -0.2) is 24.4 Å². The van der Waals surface area contributed by atoms with Crippen LogP contribution >= 0.6 is 0 Å². The molecule has 0 aliphatic rings. The Balaban J connectivity index is 1.64. The highest BCUT2D eigenvalue weighted by molar-refractivity contribution is 5.53. The van der Waals surface area contributed by atoms with Gasteiger partial charge in [-0.15, -0.1) is 10.2 Å². The second-order valence-electron chi connectivity index (χ2n) is 4.69. The summed E-state index contributed by atoms with van der Waals surface area (Å²) in [6.45, 7) is 0.204. The van der Waals surface area contributed by atoms with Crippen LogP contribution in [0.1, 0.15) is 5.89 Å². The highest BCUT2D eigenvalue weighted by atomic mass is 16.5. The molecular weight excluding hydrogens is 296 g/mol. The summed E-state index contributed by atoms with van der Waals surface area (Å²) in [7, 11) is 3.24. The van der Waals surface area contributed by atoms with Crippen molar-refractivity contribution in [3.63, 3.8) is 0 Å². The van der Waals surface area contributed by atoms with Crippen molar-refractivity contribution in [2.45, 2.75) is 6.61 Å². The molecule has 3 rings (SSSR count). The number of methoxy groups -OCH3 is 2. The maximum atomic E-state index is 5.61. The van der Waals surface area contributed by atoms with Gasteiger partial charge in [0.25, 0.3) is 5.89 Å². The molecule has 6 heteroatoms. The van der Waals surface area contributed by atoms with Gasteiger partial charge in [-0.25, -0.2) is 0 Å². The van der Waals surface area contributed by atoms with E-state index in [1.807, 2.05) is 48.5 Å². The minimum atomic E-state index is 0.204. The summed E-state index contributed by atoms with van der Waals surface area (Å²) in [6.07, 6.45) is 0. The fraction of sp³-hybridized carbons (Fsp3) is 0.176. The molecule has 0 bridgehead atoms. The van der Waals surface area contributed by atoms with Crippen molar-refractivity contribution in [1.82, 2.24) is 10.2 Å². The average Bonchev–Trinajstić information content (AvgIpc) is 3.09. The Morgan fingerprint density at radius 1 is 0.783 bits per heavy atom. The van der Waals surface area contributed by atoms with Gasteiger partial charge in [0.15, 0.2) is 6.61 Å². The first kappa shape index (κ1) is 14.9. The minimum Gasteiger partial charge on any atom is -0.497 e. The van der Waals surface area contributed by atoms with E-state index in [1.165, 1.54) is 0 Å². The van der Waals surface area contributed by atoms with E-state index < -0.39 is 0 Å². The molecule has 0 N–H and O–H groups in total. The molecule has 1 heterocycles. The summed E-state index contributed by atoms with van der Waals surface area (Å²) < 4.78 is 21.4. The van der Waals surface area contributed by atoms with Gasteiger partial charge in [-0.3, -0.25) is 0 Å². The Morgan fingerprint density at radius 2 is 1.35 bits per heavy atom. The van der Waals surface area contributed by atoms with Crippen LogP contribution in [0.15, 0.2) is 52.9 Å². The van der Waals surface area contributed by atoms with Gasteiger partial charge in [-0.2, -0.15) is 0 Å². The number of benzene rings is 2. The van der Waals surface area contributed by atoms with E-state index in [0.29, 0.717) is 17.5 Å². The van der Waals surface area contributed by atoms with E-state index >= 15 is 0 Å². The molecule has 0 saturated carbocycles. The summed E-state index contributed by atoms with van der Waals surface area (Å²) in [5.74, 6) is 3.11. The normalized spacial score (nSPS) is 10.3. The SMILES string of the molecule is COc1ccc(OCc2nnc(-c3ccc(OC)cc3)o2)cc1. The molecule has 0 aliphatic carbocycles. The number of hydrogen-bond donors (Lipinski definition) is 0. The van der Waals surface area contributed by atoms with Crippen LogP contribution in [0.5, 0.6) is 17.2 Å². The van der Waals surface area contributed by atoms with Gasteiger partial charge in [0.05, 0.1) is 14.2 Å². The molecule has 6 nitrogen and oxygen atoms in total. The topological polar surface area (TPSA) is 66.6 Å². The lowest BCUT2D eigenvalue weighted by Gasteiger charge is -2.04. The van der Waals surface area contributed by atoms with Crippen LogP contribution in [0.25, 0.3) is 11.5 Å². The summed E-state index contributed by atoms with van der Waals surface area (Å²) >= 11 is 0. The zero-order valence-corrected chi connectivity index (χ0v) is 12.9. The van der Waals surface area contributed by atoms with Crippen LogP contribution in [-0.2, 0) is 6.61 Å². The molecule has 0 unspecified atom stereocenters. The number of hydrogen-bond acceptors (Lipinski definition) is 6. The van der Waals surface area contributed by atoms with Crippen molar-refractivity contribution in [3.05, 3.63) is 54.4 Å². The van der Waals surface area contributed by atoms with E-state index in [9.17, 15) is 0 Å². The molecule has 0 aliphatic heterocycles. The minimum absolute atomic E-state index is 0.204. The molecule has 3 aromatic rings. The van der Waals surface area contributed by atoms with Crippen molar-refractivity contribution in [2.24, 2.45) is 0 Å². The smallest absolute Gasteiger partial charge is 0.254 e. The maximum absolute atomic E-state index is 5.61. The zero-order chi connectivity index (χ0) is 16.1. The predicted octanol–water partition coefficient (Wildman–Crippen LogP) is 3.33. The maximum Gasteiger partial charge on any atom is 0.254 e. The molecule has 0 amide bonds. The lowest BCUT2D eigenvalue weighted by atomic mass is 10.2. The summed E-state index contributed by atoms with van der Waals surface area (Å²) in [5, 5.41) is 8.01. The van der Waals surface area contributed by atoms with E-state index in [2.05, 4.69) is 10.2 Å². The van der Waals surface area contributed by atoms with Gasteiger partial charge < -0.3 is 18.6 Å². The first-order chi connectivity index (χ1) is 11.3. The molecule has 23 heavy (non-hydrogen) atoms. The van der Waals surface area contributed by atoms with Gasteiger partial charge in [0.2, 0.25) is 5.89 Å². The third-order valence-electron chi connectivity index (χ3n) is 3.23. The fourth-order valence-electron chi connectivity index (χ4n) is 1.98. The van der Waals surface area contributed by atoms with E-state index in [4.69, 9.17) is 18.6 Å². The molecule has 0 spiro atoms. The lowest BCUT2D eigenvalue weighted by Crippen LogP contribution is -1.95. The van der Waals surface area contributed by atoms with Gasteiger partial charge >= 0.3 is 0 Å². The standard InChI is InChI=1S/C17H16N2O4/c1-20-13-5-3-12(4-6-13)17-19-18-16(23-17)11-22-15-9-7-14(21-2)8-10-15/h3-10H,11H2,1-2H3. The first-order valence-corrected chi connectivity index (χ1v) is 7.02. The summed E-state index contributed by atoms with van der Waals surface area (Å²) in [5.41, 5.74) is 0.828. The predicted molar refractivity (Wildman–Crippen MR) is 83.6 cm³/mol. The van der Waals surface area contributed by atoms with E-state index in [-0.39, 0.29) is 6.61 Å². The molecule has 118 valence electrons. The van der Waals surface area contributed by atoms with Gasteiger partial charge in [-0.05, 0) is 48.5 Å². The molecular formula is C17H16N2O4. The summed E-state index contributed by atoms with van der Waals surface area (Å²) in [6, 6.07) is 14.7. The number of nitrogens with zero attached hydrogens (tertiary/aromatic N) is 2. The zero-order valence-electron chi connectivity index (χ0n) is 12.9. The highest BCUT2D eigenvalue weighted by Gasteiger charge is 2.09. The van der Waals surface area contributed by atoms with Gasteiger partial charge in [0.1, 0.15) is 17.2 Å². The molecule has 1 aromatic heterocycles. The Bertz CT molecular complexity index is 751. The Hall–Kier alpha value is -3.02.